The molecule has 1 aliphatic carbocycles. The lowest BCUT2D eigenvalue weighted by molar-refractivity contribution is -0.193. The van der Waals surface area contributed by atoms with Gasteiger partial charge in [0.05, 0.1) is 6.04 Å². The molecule has 0 aromatic heterocycles. The third-order valence-corrected chi connectivity index (χ3v) is 5.19. The maximum atomic E-state index is 13.4. The molecule has 0 radical (unpaired) electrons. The van der Waals surface area contributed by atoms with E-state index in [2.05, 4.69) is 5.32 Å². The number of hydrogen-bond acceptors (Lipinski definition) is 3. The average molecular weight is 387 g/mol. The second kappa shape index (κ2) is 7.01. The number of hydrogen-bond donors (Lipinski definition) is 1. The molecule has 1 saturated carbocycles. The molecule has 27 heavy (non-hydrogen) atoms. The second-order valence-corrected chi connectivity index (χ2v) is 7.28. The number of rotatable bonds is 5. The Morgan fingerprint density at radius 2 is 2.04 bits per heavy atom. The first-order valence-electron chi connectivity index (χ1n) is 8.66. The van der Waals surface area contributed by atoms with Crippen LogP contribution in [-0.2, 0) is 4.79 Å². The molecular weight excluding hydrogens is 366 g/mol. The van der Waals surface area contributed by atoms with E-state index in [0.29, 0.717) is 5.56 Å². The van der Waals surface area contributed by atoms with Gasteiger partial charge in [0.15, 0.2) is 0 Å². The van der Waals surface area contributed by atoms with E-state index >= 15 is 0 Å². The standard InChI is InChI=1S/C18H21F4N3O2/c1-24(2)12-5-3-4-10(6-12)16(26)23-8-14-13-7-11(13)9-25(14)17(27)15(19)18(20,21)22/h3-6,11,13-15H,7-9H2,1-2H3,(H,23,26)/t11-,13-,14+,15?/m0/s1. The van der Waals surface area contributed by atoms with Gasteiger partial charge in [0.25, 0.3) is 18.0 Å². The normalized spacial score (nSPS) is 25.0. The number of amides is 2. The number of alkyl halides is 4. The summed E-state index contributed by atoms with van der Waals surface area (Å²) in [5.74, 6) is -1.84. The van der Waals surface area contributed by atoms with Crippen LogP contribution in [0.2, 0.25) is 0 Å². The number of anilines is 1. The third-order valence-electron chi connectivity index (χ3n) is 5.19. The van der Waals surface area contributed by atoms with Gasteiger partial charge in [-0.1, -0.05) is 6.07 Å². The van der Waals surface area contributed by atoms with Crippen molar-refractivity contribution in [1.82, 2.24) is 10.2 Å². The number of fused-ring (bicyclic) bond motifs is 1. The lowest BCUT2D eigenvalue weighted by Crippen LogP contribution is -2.51. The molecular formula is C18H21F4N3O2. The number of carbonyl (C=O) groups is 2. The molecule has 4 atom stereocenters. The van der Waals surface area contributed by atoms with E-state index in [1.807, 2.05) is 25.1 Å². The predicted molar refractivity (Wildman–Crippen MR) is 91.2 cm³/mol. The Morgan fingerprint density at radius 3 is 2.67 bits per heavy atom. The number of piperidine rings is 1. The Bertz CT molecular complexity index is 738. The summed E-state index contributed by atoms with van der Waals surface area (Å²) in [4.78, 5) is 27.1. The highest BCUT2D eigenvalue weighted by molar-refractivity contribution is 5.95. The van der Waals surface area contributed by atoms with Crippen LogP contribution in [0.1, 0.15) is 16.8 Å². The summed E-state index contributed by atoms with van der Waals surface area (Å²) in [5, 5.41) is 2.67. The molecule has 1 heterocycles. The maximum Gasteiger partial charge on any atom is 0.428 e. The quantitative estimate of drug-likeness (QED) is 0.789. The van der Waals surface area contributed by atoms with Crippen molar-refractivity contribution in [2.24, 2.45) is 11.8 Å². The minimum Gasteiger partial charge on any atom is -0.378 e. The van der Waals surface area contributed by atoms with Crippen molar-refractivity contribution in [3.63, 3.8) is 0 Å². The number of nitrogens with zero attached hydrogens (tertiary/aromatic N) is 2. The molecule has 1 saturated heterocycles. The largest absolute Gasteiger partial charge is 0.428 e. The van der Waals surface area contributed by atoms with Gasteiger partial charge in [0.1, 0.15) is 0 Å². The number of carbonyl (C=O) groups excluding carboxylic acids is 2. The van der Waals surface area contributed by atoms with Crippen molar-refractivity contribution in [3.05, 3.63) is 29.8 Å². The van der Waals surface area contributed by atoms with Crippen LogP contribution in [0.25, 0.3) is 0 Å². The van der Waals surface area contributed by atoms with E-state index in [1.165, 1.54) is 0 Å². The minimum atomic E-state index is -5.22. The van der Waals surface area contributed by atoms with Gasteiger partial charge in [0.2, 0.25) is 0 Å². The topological polar surface area (TPSA) is 52.7 Å². The van der Waals surface area contributed by atoms with E-state index in [-0.39, 0.29) is 30.8 Å². The predicted octanol–water partition coefficient (Wildman–Crippen LogP) is 2.23. The molecule has 1 aromatic carbocycles. The summed E-state index contributed by atoms with van der Waals surface area (Å²) in [6.07, 6.45) is -7.96. The Morgan fingerprint density at radius 1 is 1.33 bits per heavy atom. The van der Waals surface area contributed by atoms with Crippen LogP contribution in [0, 0.1) is 11.8 Å². The smallest absolute Gasteiger partial charge is 0.378 e. The van der Waals surface area contributed by atoms with Crippen molar-refractivity contribution in [3.8, 4) is 0 Å². The monoisotopic (exact) mass is 387 g/mol. The van der Waals surface area contributed by atoms with Gasteiger partial charge < -0.3 is 15.1 Å². The molecule has 1 N–H and O–H groups in total. The fourth-order valence-electron chi connectivity index (χ4n) is 3.60. The first kappa shape index (κ1) is 19.4. The Kier molecular flexibility index (Phi) is 5.05. The van der Waals surface area contributed by atoms with Crippen molar-refractivity contribution < 1.29 is 27.2 Å². The highest BCUT2D eigenvalue weighted by atomic mass is 19.4. The fourth-order valence-corrected chi connectivity index (χ4v) is 3.60. The minimum absolute atomic E-state index is 0.00249. The lowest BCUT2D eigenvalue weighted by atomic mass is 10.1. The van der Waals surface area contributed by atoms with Gasteiger partial charge >= 0.3 is 6.18 Å². The molecule has 2 amide bonds. The van der Waals surface area contributed by atoms with Gasteiger partial charge in [-0.15, -0.1) is 0 Å². The highest BCUT2D eigenvalue weighted by Crippen LogP contribution is 2.49. The molecule has 2 aliphatic rings. The molecule has 3 rings (SSSR count). The summed E-state index contributed by atoms with van der Waals surface area (Å²) in [6.45, 7) is 0.110. The summed E-state index contributed by atoms with van der Waals surface area (Å²) in [7, 11) is 3.67. The zero-order chi connectivity index (χ0) is 19.9. The van der Waals surface area contributed by atoms with E-state index < -0.39 is 24.3 Å². The molecule has 1 unspecified atom stereocenters. The van der Waals surface area contributed by atoms with E-state index in [4.69, 9.17) is 0 Å². The summed E-state index contributed by atoms with van der Waals surface area (Å²) in [6, 6.07) is 6.27. The van der Waals surface area contributed by atoms with Crippen LogP contribution < -0.4 is 10.2 Å². The molecule has 9 heteroatoms. The van der Waals surface area contributed by atoms with Crippen LogP contribution in [0.4, 0.5) is 23.2 Å². The Labute approximate surface area is 154 Å². The molecule has 1 aromatic rings. The van der Waals surface area contributed by atoms with Crippen molar-refractivity contribution in [2.75, 3.05) is 32.1 Å². The number of benzene rings is 1. The number of halogens is 4. The molecule has 0 bridgehead atoms. The SMILES string of the molecule is CN(C)c1cccc(C(=O)NC[C@@H]2[C@H]3C[C@H]3CN2C(=O)C(F)C(F)(F)F)c1. The zero-order valence-electron chi connectivity index (χ0n) is 15.0. The van der Waals surface area contributed by atoms with Crippen LogP contribution in [0.3, 0.4) is 0 Å². The average Bonchev–Trinajstić information content (AvgIpc) is 3.30. The Balaban J connectivity index is 1.65. The van der Waals surface area contributed by atoms with Gasteiger partial charge in [-0.2, -0.15) is 13.2 Å². The number of nitrogens with one attached hydrogen (secondary N) is 1. The van der Waals surface area contributed by atoms with Gasteiger partial charge in [0, 0.05) is 38.4 Å². The highest BCUT2D eigenvalue weighted by Gasteiger charge is 2.57. The molecule has 2 fully saturated rings. The third kappa shape index (κ3) is 4.01. The van der Waals surface area contributed by atoms with Crippen LogP contribution in [0.5, 0.6) is 0 Å². The summed E-state index contributed by atoms with van der Waals surface area (Å²) < 4.78 is 51.0. The maximum absolute atomic E-state index is 13.4. The molecule has 5 nitrogen and oxygen atoms in total. The first-order valence-corrected chi connectivity index (χ1v) is 8.66. The zero-order valence-corrected chi connectivity index (χ0v) is 15.0. The van der Waals surface area contributed by atoms with Crippen LogP contribution in [-0.4, -0.2) is 62.3 Å². The van der Waals surface area contributed by atoms with Crippen molar-refractivity contribution >= 4 is 17.5 Å². The van der Waals surface area contributed by atoms with E-state index in [1.54, 1.807) is 18.2 Å². The van der Waals surface area contributed by atoms with Crippen molar-refractivity contribution in [2.45, 2.75) is 24.8 Å². The molecule has 148 valence electrons. The van der Waals surface area contributed by atoms with Gasteiger partial charge in [-0.3, -0.25) is 9.59 Å². The fraction of sp³-hybridized carbons (Fsp3) is 0.556. The van der Waals surface area contributed by atoms with Crippen LogP contribution >= 0.6 is 0 Å². The Hall–Kier alpha value is -2.32. The molecule has 1 aliphatic heterocycles. The van der Waals surface area contributed by atoms with Gasteiger partial charge in [-0.05, 0) is 36.5 Å². The lowest BCUT2D eigenvalue weighted by Gasteiger charge is -2.29. The van der Waals surface area contributed by atoms with Gasteiger partial charge in [-0.25, -0.2) is 4.39 Å². The van der Waals surface area contributed by atoms with Crippen LogP contribution in [0.15, 0.2) is 24.3 Å². The second-order valence-electron chi connectivity index (χ2n) is 7.28. The van der Waals surface area contributed by atoms with E-state index in [0.717, 1.165) is 17.0 Å². The van der Waals surface area contributed by atoms with E-state index in [9.17, 15) is 27.2 Å². The first-order chi connectivity index (χ1) is 12.6. The summed E-state index contributed by atoms with van der Waals surface area (Å²) >= 11 is 0. The van der Waals surface area contributed by atoms with Crippen molar-refractivity contribution in [1.29, 1.82) is 0 Å². The number of likely N-dealkylation sites (tertiary alicyclic amines) is 1. The summed E-state index contributed by atoms with van der Waals surface area (Å²) in [5.41, 5.74) is 1.23. The molecule has 0 spiro atoms.